The predicted molar refractivity (Wildman–Crippen MR) is 108 cm³/mol. The smallest absolute Gasteiger partial charge is 0.253 e. The van der Waals surface area contributed by atoms with Gasteiger partial charge in [-0.1, -0.05) is 6.07 Å². The van der Waals surface area contributed by atoms with Gasteiger partial charge in [-0.25, -0.2) is 9.97 Å². The molecule has 0 bridgehead atoms. The Kier molecular flexibility index (Phi) is 4.73. The fraction of sp³-hybridized carbons (Fsp3) is 0.429. The Hall–Kier alpha value is -2.84. The summed E-state index contributed by atoms with van der Waals surface area (Å²) < 4.78 is 8.03. The van der Waals surface area contributed by atoms with Crippen LogP contribution in [-0.2, 0) is 11.3 Å². The fourth-order valence-electron chi connectivity index (χ4n) is 4.31. The maximum atomic E-state index is 12.8. The molecule has 2 N–H and O–H groups in total. The minimum Gasteiger partial charge on any atom is -0.373 e. The van der Waals surface area contributed by atoms with E-state index in [-0.39, 0.29) is 17.6 Å². The summed E-state index contributed by atoms with van der Waals surface area (Å²) in [6.07, 6.45) is 9.82. The van der Waals surface area contributed by atoms with Crippen LogP contribution in [0.1, 0.15) is 35.2 Å². The summed E-state index contributed by atoms with van der Waals surface area (Å²) in [4.78, 5) is 25.8. The van der Waals surface area contributed by atoms with Crippen LogP contribution in [0.4, 0.5) is 0 Å². The van der Waals surface area contributed by atoms with Crippen LogP contribution < -0.4 is 10.6 Å². The highest BCUT2D eigenvalue weighted by Crippen LogP contribution is 2.34. The second-order valence-electron chi connectivity index (χ2n) is 7.92. The number of ether oxygens (including phenoxy) is 1. The third-order valence-electron chi connectivity index (χ3n) is 5.85. The number of nitrogens with zero attached hydrogens (tertiary/aromatic N) is 4. The molecule has 8 heteroatoms. The highest BCUT2D eigenvalue weighted by atomic mass is 16.5. The fourth-order valence-corrected chi connectivity index (χ4v) is 4.31. The van der Waals surface area contributed by atoms with Gasteiger partial charge < -0.3 is 19.9 Å². The Labute approximate surface area is 168 Å². The van der Waals surface area contributed by atoms with Crippen molar-refractivity contribution >= 4 is 17.1 Å². The van der Waals surface area contributed by atoms with E-state index in [1.165, 1.54) is 0 Å². The molecule has 0 radical (unpaired) electrons. The van der Waals surface area contributed by atoms with Gasteiger partial charge in [0, 0.05) is 18.6 Å². The molecule has 8 nitrogen and oxygen atoms in total. The molecule has 5 rings (SSSR count). The topological polar surface area (TPSA) is 94.0 Å². The molecular formula is C21H24N6O2. The average Bonchev–Trinajstić information content (AvgIpc) is 3.33. The molecule has 5 heterocycles. The van der Waals surface area contributed by atoms with Crippen molar-refractivity contribution in [2.75, 3.05) is 19.7 Å². The molecule has 2 saturated heterocycles. The monoisotopic (exact) mass is 392 g/mol. The third-order valence-corrected chi connectivity index (χ3v) is 5.85. The zero-order chi connectivity index (χ0) is 19.7. The number of nitrogens with one attached hydrogen (secondary N) is 2. The number of rotatable bonds is 4. The van der Waals surface area contributed by atoms with E-state index in [1.807, 2.05) is 22.9 Å². The number of amides is 1. The Morgan fingerprint density at radius 1 is 1.31 bits per heavy atom. The van der Waals surface area contributed by atoms with Crippen LogP contribution in [0.3, 0.4) is 0 Å². The number of carbonyl (C=O) groups is 1. The van der Waals surface area contributed by atoms with E-state index in [0.717, 1.165) is 43.6 Å². The van der Waals surface area contributed by atoms with Crippen LogP contribution in [0, 0.1) is 0 Å². The van der Waals surface area contributed by atoms with Gasteiger partial charge in [-0.05, 0) is 50.0 Å². The number of pyridine rings is 2. The average molecular weight is 392 g/mol. The van der Waals surface area contributed by atoms with Crippen molar-refractivity contribution in [1.82, 2.24) is 30.2 Å². The molecule has 2 aliphatic heterocycles. The number of fused-ring (bicyclic) bond motifs is 1. The molecule has 1 spiro atoms. The van der Waals surface area contributed by atoms with E-state index in [1.54, 1.807) is 24.8 Å². The van der Waals surface area contributed by atoms with E-state index in [2.05, 4.69) is 25.6 Å². The van der Waals surface area contributed by atoms with Crippen molar-refractivity contribution in [3.63, 3.8) is 0 Å². The molecule has 0 aliphatic carbocycles. The van der Waals surface area contributed by atoms with Crippen LogP contribution in [0.15, 0.2) is 43.1 Å². The zero-order valence-electron chi connectivity index (χ0n) is 16.2. The number of hydrogen-bond acceptors (Lipinski definition) is 6. The first-order chi connectivity index (χ1) is 14.2. The summed E-state index contributed by atoms with van der Waals surface area (Å²) in [6.45, 7) is 3.16. The van der Waals surface area contributed by atoms with Crippen LogP contribution in [0.25, 0.3) is 11.2 Å². The molecule has 3 aromatic rings. The summed E-state index contributed by atoms with van der Waals surface area (Å²) in [5, 5.41) is 6.47. The molecule has 2 aliphatic rings. The highest BCUT2D eigenvalue weighted by Gasteiger charge is 2.41. The first-order valence-electron chi connectivity index (χ1n) is 10.1. The van der Waals surface area contributed by atoms with Gasteiger partial charge in [-0.15, -0.1) is 0 Å². The van der Waals surface area contributed by atoms with Crippen LogP contribution in [-0.4, -0.2) is 56.8 Å². The van der Waals surface area contributed by atoms with E-state index in [9.17, 15) is 4.79 Å². The van der Waals surface area contributed by atoms with Gasteiger partial charge in [-0.2, -0.15) is 0 Å². The number of carbonyl (C=O) groups excluding carboxylic acids is 1. The lowest BCUT2D eigenvalue weighted by Gasteiger charge is -2.32. The molecule has 1 amide bonds. The van der Waals surface area contributed by atoms with Crippen molar-refractivity contribution in [2.24, 2.45) is 0 Å². The molecular weight excluding hydrogens is 368 g/mol. The Morgan fingerprint density at radius 3 is 3.03 bits per heavy atom. The second kappa shape index (κ2) is 7.53. The standard InChI is InChI=1S/C21H24N6O2/c28-20(26-17-9-21(29-13-17)3-6-22-7-4-21)16-8-18-19(24-11-16)27(14-25-18)12-15-2-1-5-23-10-15/h1-2,5,8,10-11,14,17,22H,3-4,6-7,9,12-13H2,(H,26,28). The quantitative estimate of drug-likeness (QED) is 0.699. The summed E-state index contributed by atoms with van der Waals surface area (Å²) in [5.41, 5.74) is 2.98. The third kappa shape index (κ3) is 3.73. The Morgan fingerprint density at radius 2 is 2.21 bits per heavy atom. The molecule has 150 valence electrons. The molecule has 3 aromatic heterocycles. The van der Waals surface area contributed by atoms with Gasteiger partial charge in [0.15, 0.2) is 5.65 Å². The predicted octanol–water partition coefficient (Wildman–Crippen LogP) is 1.52. The van der Waals surface area contributed by atoms with Gasteiger partial charge in [0.1, 0.15) is 5.52 Å². The first kappa shape index (κ1) is 18.2. The van der Waals surface area contributed by atoms with Gasteiger partial charge in [-0.3, -0.25) is 9.78 Å². The van der Waals surface area contributed by atoms with Crippen LogP contribution >= 0.6 is 0 Å². The Balaban J connectivity index is 1.27. The number of imidazole rings is 1. The molecule has 0 saturated carbocycles. The van der Waals surface area contributed by atoms with Crippen LogP contribution in [0.2, 0.25) is 0 Å². The maximum absolute atomic E-state index is 12.8. The van der Waals surface area contributed by atoms with Gasteiger partial charge >= 0.3 is 0 Å². The normalized spacial score (nSPS) is 20.9. The lowest BCUT2D eigenvalue weighted by atomic mass is 9.88. The summed E-state index contributed by atoms with van der Waals surface area (Å²) >= 11 is 0. The van der Waals surface area contributed by atoms with Gasteiger partial charge in [0.2, 0.25) is 0 Å². The first-order valence-corrected chi connectivity index (χ1v) is 10.1. The molecule has 1 unspecified atom stereocenters. The molecule has 2 fully saturated rings. The number of piperidine rings is 1. The van der Waals surface area contributed by atoms with Crippen molar-refractivity contribution in [2.45, 2.75) is 37.5 Å². The number of aromatic nitrogens is 4. The van der Waals surface area contributed by atoms with Crippen molar-refractivity contribution < 1.29 is 9.53 Å². The second-order valence-corrected chi connectivity index (χ2v) is 7.92. The van der Waals surface area contributed by atoms with E-state index in [4.69, 9.17) is 4.74 Å². The maximum Gasteiger partial charge on any atom is 0.253 e. The molecule has 1 atom stereocenters. The largest absolute Gasteiger partial charge is 0.373 e. The van der Waals surface area contributed by atoms with Crippen molar-refractivity contribution in [1.29, 1.82) is 0 Å². The number of hydrogen-bond donors (Lipinski definition) is 2. The minimum absolute atomic E-state index is 0.0411. The summed E-state index contributed by atoms with van der Waals surface area (Å²) in [7, 11) is 0. The van der Waals surface area contributed by atoms with Crippen molar-refractivity contribution in [3.05, 3.63) is 54.2 Å². The lowest BCUT2D eigenvalue weighted by molar-refractivity contribution is -0.0194. The van der Waals surface area contributed by atoms with E-state index >= 15 is 0 Å². The summed E-state index contributed by atoms with van der Waals surface area (Å²) in [6, 6.07) is 5.76. The van der Waals surface area contributed by atoms with Gasteiger partial charge in [0.25, 0.3) is 5.91 Å². The zero-order valence-corrected chi connectivity index (χ0v) is 16.2. The Bertz CT molecular complexity index is 1010. The van der Waals surface area contributed by atoms with E-state index in [0.29, 0.717) is 24.2 Å². The molecule has 29 heavy (non-hydrogen) atoms. The minimum atomic E-state index is -0.124. The molecule has 0 aromatic carbocycles. The van der Waals surface area contributed by atoms with Crippen LogP contribution in [0.5, 0.6) is 0 Å². The highest BCUT2D eigenvalue weighted by molar-refractivity contribution is 5.96. The van der Waals surface area contributed by atoms with Gasteiger partial charge in [0.05, 0.1) is 36.7 Å². The van der Waals surface area contributed by atoms with E-state index < -0.39 is 0 Å². The SMILES string of the molecule is O=C(NC1COC2(CCNCC2)C1)c1cnc2c(c1)ncn2Cc1cccnc1. The van der Waals surface area contributed by atoms with Crippen molar-refractivity contribution in [3.8, 4) is 0 Å². The summed E-state index contributed by atoms with van der Waals surface area (Å²) in [5.74, 6) is -0.124. The lowest BCUT2D eigenvalue weighted by Crippen LogP contribution is -2.43.